The number of carbonyl (C=O) groups excluding carboxylic acids is 1. The Morgan fingerprint density at radius 3 is 2.52 bits per heavy atom. The summed E-state index contributed by atoms with van der Waals surface area (Å²) >= 11 is 0. The molecule has 112 valence electrons. The van der Waals surface area contributed by atoms with E-state index in [9.17, 15) is 13.2 Å². The van der Waals surface area contributed by atoms with Crippen molar-refractivity contribution < 1.29 is 17.6 Å². The number of aryl methyl sites for hydroxylation is 1. The van der Waals surface area contributed by atoms with Crippen LogP contribution in [-0.2, 0) is 16.4 Å². The van der Waals surface area contributed by atoms with Crippen molar-refractivity contribution in [3.8, 4) is 0 Å². The van der Waals surface area contributed by atoms with Crippen molar-refractivity contribution in [2.75, 3.05) is 6.54 Å². The summed E-state index contributed by atoms with van der Waals surface area (Å²) in [6, 6.07) is 6.18. The van der Waals surface area contributed by atoms with Crippen LogP contribution in [0.3, 0.4) is 0 Å². The van der Waals surface area contributed by atoms with Crippen molar-refractivity contribution in [1.29, 1.82) is 0 Å². The molecule has 1 aromatic carbocycles. The Hall–Kier alpha value is -2.19. The summed E-state index contributed by atoms with van der Waals surface area (Å²) in [5.41, 5.74) is 0.881. The summed E-state index contributed by atoms with van der Waals surface area (Å²) in [5.74, 6) is 0.208. The van der Waals surface area contributed by atoms with Gasteiger partial charge in [-0.3, -0.25) is 4.79 Å². The molecule has 0 aliphatic carbocycles. The van der Waals surface area contributed by atoms with Gasteiger partial charge >= 0.3 is 5.91 Å². The molecule has 0 saturated carbocycles. The summed E-state index contributed by atoms with van der Waals surface area (Å²) in [6.07, 6.45) is 2.03. The zero-order valence-corrected chi connectivity index (χ0v) is 12.2. The van der Waals surface area contributed by atoms with Crippen molar-refractivity contribution in [3.63, 3.8) is 0 Å². The highest BCUT2D eigenvalue weighted by atomic mass is 32.2. The number of amides is 1. The van der Waals surface area contributed by atoms with Crippen LogP contribution >= 0.6 is 0 Å². The smallest absolute Gasteiger partial charge is 0.307 e. The molecule has 0 aliphatic heterocycles. The molecule has 0 unspecified atom stereocenters. The third kappa shape index (κ3) is 4.14. The second-order valence-electron chi connectivity index (χ2n) is 4.47. The van der Waals surface area contributed by atoms with E-state index >= 15 is 0 Å². The van der Waals surface area contributed by atoms with Crippen LogP contribution in [-0.4, -0.2) is 25.9 Å². The molecule has 0 radical (unpaired) electrons. The van der Waals surface area contributed by atoms with E-state index in [0.717, 1.165) is 5.56 Å². The molecule has 1 heterocycles. The van der Waals surface area contributed by atoms with Crippen molar-refractivity contribution in [2.45, 2.75) is 18.2 Å². The highest BCUT2D eigenvalue weighted by Gasteiger charge is 2.11. The minimum Gasteiger partial charge on any atom is -0.438 e. The van der Waals surface area contributed by atoms with E-state index in [4.69, 9.17) is 9.56 Å². The first-order valence-electron chi connectivity index (χ1n) is 6.18. The maximum atomic E-state index is 11.7. The van der Waals surface area contributed by atoms with Crippen LogP contribution in [0.25, 0.3) is 0 Å². The lowest BCUT2D eigenvalue weighted by Crippen LogP contribution is -2.25. The topological polar surface area (TPSA) is 115 Å². The second-order valence-corrected chi connectivity index (χ2v) is 6.03. The largest absolute Gasteiger partial charge is 0.438 e. The van der Waals surface area contributed by atoms with Crippen molar-refractivity contribution in [3.05, 3.63) is 47.7 Å². The number of rotatable bonds is 5. The molecule has 21 heavy (non-hydrogen) atoms. The Labute approximate surface area is 122 Å². The van der Waals surface area contributed by atoms with E-state index in [2.05, 4.69) is 10.3 Å². The number of primary sulfonamides is 1. The average molecular weight is 309 g/mol. The first-order valence-corrected chi connectivity index (χ1v) is 7.73. The van der Waals surface area contributed by atoms with Gasteiger partial charge in [-0.15, -0.1) is 0 Å². The Morgan fingerprint density at radius 1 is 1.33 bits per heavy atom. The van der Waals surface area contributed by atoms with Gasteiger partial charge in [0.15, 0.2) is 0 Å². The minimum atomic E-state index is -3.68. The Kier molecular flexibility index (Phi) is 4.39. The van der Waals surface area contributed by atoms with Gasteiger partial charge in [0.05, 0.1) is 11.1 Å². The number of sulfonamides is 1. The predicted molar refractivity (Wildman–Crippen MR) is 75.1 cm³/mol. The third-order valence-electron chi connectivity index (χ3n) is 2.77. The highest BCUT2D eigenvalue weighted by Crippen LogP contribution is 2.09. The fourth-order valence-electron chi connectivity index (χ4n) is 1.70. The Balaban J connectivity index is 1.88. The van der Waals surface area contributed by atoms with Gasteiger partial charge in [0.25, 0.3) is 5.89 Å². The monoisotopic (exact) mass is 309 g/mol. The molecule has 1 aromatic heterocycles. The molecular weight excluding hydrogens is 294 g/mol. The SMILES string of the molecule is Cc1cnc(C(=O)NCCc2ccc(S(N)(=O)=O)cc2)o1. The number of oxazole rings is 1. The number of carbonyl (C=O) groups is 1. The van der Waals surface area contributed by atoms with Crippen LogP contribution in [0.4, 0.5) is 0 Å². The maximum absolute atomic E-state index is 11.7. The quantitative estimate of drug-likeness (QED) is 0.839. The molecule has 0 saturated heterocycles. The molecular formula is C13H15N3O4S. The molecule has 0 spiro atoms. The fourth-order valence-corrected chi connectivity index (χ4v) is 2.22. The summed E-state index contributed by atoms with van der Waals surface area (Å²) in [6.45, 7) is 2.09. The molecule has 0 atom stereocenters. The molecule has 8 heteroatoms. The zero-order valence-electron chi connectivity index (χ0n) is 11.4. The summed E-state index contributed by atoms with van der Waals surface area (Å²) in [7, 11) is -3.68. The van der Waals surface area contributed by atoms with Gasteiger partial charge in [-0.25, -0.2) is 18.5 Å². The number of nitrogens with zero attached hydrogens (tertiary/aromatic N) is 1. The van der Waals surface area contributed by atoms with E-state index in [0.29, 0.717) is 18.7 Å². The van der Waals surface area contributed by atoms with Crippen LogP contribution in [0.2, 0.25) is 0 Å². The summed E-state index contributed by atoms with van der Waals surface area (Å²) < 4.78 is 27.3. The van der Waals surface area contributed by atoms with Gasteiger partial charge in [0, 0.05) is 6.54 Å². The molecule has 7 nitrogen and oxygen atoms in total. The molecule has 0 fully saturated rings. The number of benzene rings is 1. The molecule has 2 rings (SSSR count). The van der Waals surface area contributed by atoms with Crippen molar-refractivity contribution >= 4 is 15.9 Å². The standard InChI is InChI=1S/C13H15N3O4S/c1-9-8-16-13(20-9)12(17)15-7-6-10-2-4-11(5-3-10)21(14,18)19/h2-5,8H,6-7H2,1H3,(H,15,17)(H2,14,18,19). The number of hydrogen-bond acceptors (Lipinski definition) is 5. The molecule has 0 aliphatic rings. The first kappa shape index (κ1) is 15.2. The zero-order chi connectivity index (χ0) is 15.5. The van der Waals surface area contributed by atoms with Crippen LogP contribution in [0, 0.1) is 6.92 Å². The summed E-state index contributed by atoms with van der Waals surface area (Å²) in [4.78, 5) is 15.6. The highest BCUT2D eigenvalue weighted by molar-refractivity contribution is 7.89. The van der Waals surface area contributed by atoms with Crippen LogP contribution < -0.4 is 10.5 Å². The van der Waals surface area contributed by atoms with Crippen molar-refractivity contribution in [2.24, 2.45) is 5.14 Å². The Bertz CT molecular complexity index is 735. The van der Waals surface area contributed by atoms with Crippen molar-refractivity contribution in [1.82, 2.24) is 10.3 Å². The second kappa shape index (κ2) is 6.06. The number of nitrogens with two attached hydrogens (primary N) is 1. The van der Waals surface area contributed by atoms with Gasteiger partial charge in [0.2, 0.25) is 10.0 Å². The third-order valence-corrected chi connectivity index (χ3v) is 3.70. The van der Waals surface area contributed by atoms with Crippen LogP contribution in [0.15, 0.2) is 39.8 Å². The van der Waals surface area contributed by atoms with Gasteiger partial charge < -0.3 is 9.73 Å². The van der Waals surface area contributed by atoms with E-state index in [1.807, 2.05) is 0 Å². The van der Waals surface area contributed by atoms with Gasteiger partial charge in [0.1, 0.15) is 5.76 Å². The van der Waals surface area contributed by atoms with Gasteiger partial charge in [-0.05, 0) is 31.0 Å². The number of hydrogen-bond donors (Lipinski definition) is 2. The maximum Gasteiger partial charge on any atom is 0.307 e. The van der Waals surface area contributed by atoms with Crippen LogP contribution in [0.1, 0.15) is 22.0 Å². The lowest BCUT2D eigenvalue weighted by atomic mass is 10.1. The van der Waals surface area contributed by atoms with E-state index < -0.39 is 10.0 Å². The van der Waals surface area contributed by atoms with Crippen LogP contribution in [0.5, 0.6) is 0 Å². The normalized spacial score (nSPS) is 11.3. The summed E-state index contributed by atoms with van der Waals surface area (Å²) in [5, 5.41) is 7.68. The van der Waals surface area contributed by atoms with E-state index in [1.165, 1.54) is 18.3 Å². The molecule has 2 aromatic rings. The van der Waals surface area contributed by atoms with E-state index in [-0.39, 0.29) is 16.7 Å². The number of aromatic nitrogens is 1. The van der Waals surface area contributed by atoms with E-state index in [1.54, 1.807) is 19.1 Å². The molecule has 0 bridgehead atoms. The first-order chi connectivity index (χ1) is 9.86. The Morgan fingerprint density at radius 2 is 2.00 bits per heavy atom. The molecule has 3 N–H and O–H groups in total. The average Bonchev–Trinajstić information content (AvgIpc) is 2.85. The lowest BCUT2D eigenvalue weighted by Gasteiger charge is -2.04. The lowest BCUT2D eigenvalue weighted by molar-refractivity contribution is 0.0918. The number of nitrogens with one attached hydrogen (secondary N) is 1. The fraction of sp³-hybridized carbons (Fsp3) is 0.231. The van der Waals surface area contributed by atoms with Gasteiger partial charge in [-0.1, -0.05) is 12.1 Å². The molecule has 1 amide bonds. The predicted octanol–water partition coefficient (Wildman–Crippen LogP) is 0.603. The minimum absolute atomic E-state index is 0.0251. The van der Waals surface area contributed by atoms with Gasteiger partial charge in [-0.2, -0.15) is 0 Å².